The molecule has 0 bridgehead atoms. The quantitative estimate of drug-likeness (QED) is 0.721. The molecule has 2 aromatic rings. The average Bonchev–Trinajstić information content (AvgIpc) is 2.97. The molecule has 2 unspecified atom stereocenters. The fourth-order valence-electron chi connectivity index (χ4n) is 2.71. The molecule has 0 saturated carbocycles. The second-order valence-electron chi connectivity index (χ2n) is 6.06. The van der Waals surface area contributed by atoms with Gasteiger partial charge in [0.05, 0.1) is 39.2 Å². The average molecular weight is 374 g/mol. The fraction of sp³-hybridized carbons (Fsp3) is 0.412. The van der Waals surface area contributed by atoms with Gasteiger partial charge < -0.3 is 4.90 Å². The van der Waals surface area contributed by atoms with E-state index in [1.807, 2.05) is 26.0 Å². The van der Waals surface area contributed by atoms with Crippen molar-refractivity contribution in [3.63, 3.8) is 0 Å². The molecule has 8 nitrogen and oxygen atoms in total. The van der Waals surface area contributed by atoms with Gasteiger partial charge in [-0.05, 0) is 26.0 Å². The molecular formula is C17H22N6O2S. The summed E-state index contributed by atoms with van der Waals surface area (Å²) in [4.78, 5) is 18.6. The van der Waals surface area contributed by atoms with E-state index in [0.717, 1.165) is 5.69 Å². The van der Waals surface area contributed by atoms with Gasteiger partial charge in [-0.25, -0.2) is 8.89 Å². The number of rotatable bonds is 6. The Balaban J connectivity index is 2.30. The molecule has 0 saturated heterocycles. The highest BCUT2D eigenvalue weighted by molar-refractivity contribution is 7.93. The summed E-state index contributed by atoms with van der Waals surface area (Å²) in [5, 5.41) is 13.1. The lowest BCUT2D eigenvalue weighted by Gasteiger charge is -2.23. The third-order valence-electron chi connectivity index (χ3n) is 3.87. The van der Waals surface area contributed by atoms with Gasteiger partial charge in [-0.2, -0.15) is 10.4 Å². The summed E-state index contributed by atoms with van der Waals surface area (Å²) >= 11 is 0. The fourth-order valence-corrected chi connectivity index (χ4v) is 4.02. The zero-order valence-corrected chi connectivity index (χ0v) is 16.1. The number of nitriles is 1. The van der Waals surface area contributed by atoms with Crippen LogP contribution in [0.1, 0.15) is 19.5 Å². The van der Waals surface area contributed by atoms with Gasteiger partial charge in [0, 0.05) is 30.7 Å². The van der Waals surface area contributed by atoms with Gasteiger partial charge in [-0.3, -0.25) is 9.78 Å². The van der Waals surface area contributed by atoms with Gasteiger partial charge in [-0.1, -0.05) is 6.92 Å². The Kier molecular flexibility index (Phi) is 6.10. The molecule has 138 valence electrons. The van der Waals surface area contributed by atoms with Crippen LogP contribution in [-0.4, -0.2) is 43.4 Å². The van der Waals surface area contributed by atoms with Gasteiger partial charge in [0.25, 0.3) is 0 Å². The standard InChI is InChI=1S/C17H22N6O2S/c1-5-22(17(24)13(2)11-26(4,25)20-12-18)16-10-23(21-14(16)3)15-7-6-8-19-9-15/h6-10,13H,5,11H2,1-4H3. The molecule has 2 rings (SSSR count). The Morgan fingerprint density at radius 1 is 1.54 bits per heavy atom. The number of aromatic nitrogens is 3. The van der Waals surface area contributed by atoms with Crippen LogP contribution in [-0.2, 0) is 14.5 Å². The van der Waals surface area contributed by atoms with Crippen LogP contribution in [0.25, 0.3) is 5.69 Å². The van der Waals surface area contributed by atoms with Crippen LogP contribution in [0, 0.1) is 24.3 Å². The molecular weight excluding hydrogens is 352 g/mol. The third-order valence-corrected chi connectivity index (χ3v) is 5.46. The number of carbonyl (C=O) groups excluding carboxylic acids is 1. The summed E-state index contributed by atoms with van der Waals surface area (Å²) in [6.07, 6.45) is 8.10. The van der Waals surface area contributed by atoms with Crippen LogP contribution in [0.2, 0.25) is 0 Å². The van der Waals surface area contributed by atoms with Crippen molar-refractivity contribution in [1.82, 2.24) is 14.8 Å². The van der Waals surface area contributed by atoms with E-state index < -0.39 is 15.6 Å². The molecule has 0 radical (unpaired) electrons. The van der Waals surface area contributed by atoms with Gasteiger partial charge >= 0.3 is 0 Å². The number of pyridine rings is 1. The van der Waals surface area contributed by atoms with Gasteiger partial charge in [-0.15, -0.1) is 4.36 Å². The molecule has 2 aromatic heterocycles. The molecule has 0 fully saturated rings. The summed E-state index contributed by atoms with van der Waals surface area (Å²) in [7, 11) is -2.71. The normalized spacial score (nSPS) is 14.1. The van der Waals surface area contributed by atoms with Gasteiger partial charge in [0.1, 0.15) is 0 Å². The molecule has 0 aliphatic rings. The van der Waals surface area contributed by atoms with E-state index in [0.29, 0.717) is 17.9 Å². The SMILES string of the molecule is CCN(C(=O)C(C)CS(C)(=O)=NC#N)c1cn(-c2cccnc2)nc1C. The van der Waals surface area contributed by atoms with E-state index in [9.17, 15) is 9.00 Å². The summed E-state index contributed by atoms with van der Waals surface area (Å²) in [6, 6.07) is 3.69. The smallest absolute Gasteiger partial charge is 0.230 e. The number of hydrogen-bond acceptors (Lipinski definition) is 6. The van der Waals surface area contributed by atoms with Crippen molar-refractivity contribution in [1.29, 1.82) is 5.26 Å². The third kappa shape index (κ3) is 4.46. The van der Waals surface area contributed by atoms with Crippen LogP contribution in [0.5, 0.6) is 0 Å². The first kappa shape index (κ1) is 19.6. The Hall–Kier alpha value is -2.73. The largest absolute Gasteiger partial charge is 0.309 e. The molecule has 1 amide bonds. The summed E-state index contributed by atoms with van der Waals surface area (Å²) in [5.74, 6) is -0.680. The van der Waals surface area contributed by atoms with Crippen molar-refractivity contribution < 1.29 is 9.00 Å². The number of anilines is 1. The maximum absolute atomic E-state index is 12.9. The van der Waals surface area contributed by atoms with E-state index in [4.69, 9.17) is 5.26 Å². The molecule has 26 heavy (non-hydrogen) atoms. The molecule has 0 aliphatic carbocycles. The maximum Gasteiger partial charge on any atom is 0.230 e. The monoisotopic (exact) mass is 374 g/mol. The Bertz CT molecular complexity index is 938. The van der Waals surface area contributed by atoms with Crippen LogP contribution in [0.15, 0.2) is 35.1 Å². The van der Waals surface area contributed by atoms with Crippen LogP contribution in [0.4, 0.5) is 5.69 Å². The van der Waals surface area contributed by atoms with Gasteiger partial charge in [0.2, 0.25) is 12.1 Å². The lowest BCUT2D eigenvalue weighted by atomic mass is 10.1. The highest BCUT2D eigenvalue weighted by Gasteiger charge is 2.26. The summed E-state index contributed by atoms with van der Waals surface area (Å²) < 4.78 is 17.3. The first-order valence-electron chi connectivity index (χ1n) is 8.15. The zero-order chi connectivity index (χ0) is 19.3. The molecule has 0 spiro atoms. The van der Waals surface area contributed by atoms with Crippen LogP contribution < -0.4 is 4.90 Å². The predicted octanol–water partition coefficient (Wildman–Crippen LogP) is 2.14. The van der Waals surface area contributed by atoms with Crippen molar-refractivity contribution in [3.05, 3.63) is 36.4 Å². The van der Waals surface area contributed by atoms with E-state index in [1.54, 1.807) is 41.3 Å². The van der Waals surface area contributed by atoms with E-state index in [-0.39, 0.29) is 11.7 Å². The minimum atomic E-state index is -2.71. The maximum atomic E-state index is 12.9. The highest BCUT2D eigenvalue weighted by Crippen LogP contribution is 2.23. The van der Waals surface area contributed by atoms with Crippen molar-refractivity contribution >= 4 is 21.3 Å². The zero-order valence-electron chi connectivity index (χ0n) is 15.3. The van der Waals surface area contributed by atoms with Crippen molar-refractivity contribution in [2.45, 2.75) is 20.8 Å². The minimum absolute atomic E-state index is 0.0334. The first-order chi connectivity index (χ1) is 12.3. The van der Waals surface area contributed by atoms with Crippen LogP contribution in [0.3, 0.4) is 0 Å². The Morgan fingerprint density at radius 2 is 2.27 bits per heavy atom. The Labute approximate surface area is 153 Å². The molecule has 2 heterocycles. The Morgan fingerprint density at radius 3 is 2.85 bits per heavy atom. The lowest BCUT2D eigenvalue weighted by molar-refractivity contribution is -0.121. The lowest BCUT2D eigenvalue weighted by Crippen LogP contribution is -2.37. The van der Waals surface area contributed by atoms with Crippen molar-refractivity contribution in [2.75, 3.05) is 23.5 Å². The molecule has 0 aromatic carbocycles. The van der Waals surface area contributed by atoms with Crippen molar-refractivity contribution in [3.8, 4) is 11.9 Å². The number of nitrogens with zero attached hydrogens (tertiary/aromatic N) is 6. The second kappa shape index (κ2) is 8.10. The second-order valence-corrected chi connectivity index (χ2v) is 8.49. The highest BCUT2D eigenvalue weighted by atomic mass is 32.2. The topological polar surface area (TPSA) is 104 Å². The first-order valence-corrected chi connectivity index (χ1v) is 10.2. The van der Waals surface area contributed by atoms with Gasteiger partial charge in [0.15, 0.2) is 0 Å². The number of carbonyl (C=O) groups is 1. The van der Waals surface area contributed by atoms with Crippen molar-refractivity contribution in [2.24, 2.45) is 10.3 Å². The number of amides is 1. The number of hydrogen-bond donors (Lipinski definition) is 0. The predicted molar refractivity (Wildman–Crippen MR) is 100 cm³/mol. The summed E-state index contributed by atoms with van der Waals surface area (Å²) in [5.41, 5.74) is 2.19. The molecule has 0 N–H and O–H groups in total. The molecule has 9 heteroatoms. The van der Waals surface area contributed by atoms with E-state index in [2.05, 4.69) is 14.4 Å². The van der Waals surface area contributed by atoms with E-state index >= 15 is 0 Å². The number of aryl methyl sites for hydroxylation is 1. The van der Waals surface area contributed by atoms with Crippen LogP contribution >= 0.6 is 0 Å². The molecule has 0 aliphatic heterocycles. The minimum Gasteiger partial charge on any atom is -0.309 e. The van der Waals surface area contributed by atoms with E-state index in [1.165, 1.54) is 6.26 Å². The summed E-state index contributed by atoms with van der Waals surface area (Å²) in [6.45, 7) is 5.84. The molecule has 2 atom stereocenters.